The minimum Gasteiger partial charge on any atom is -0.733 e. The van der Waals surface area contributed by atoms with Gasteiger partial charge >= 0.3 is 5.97 Å². The van der Waals surface area contributed by atoms with Crippen molar-refractivity contribution in [3.05, 3.63) is 88.3 Å². The van der Waals surface area contributed by atoms with Crippen LogP contribution in [-0.2, 0) is 0 Å². The number of fused-ring (bicyclic) bond motifs is 1. The Hall–Kier alpha value is -4.34. The van der Waals surface area contributed by atoms with Gasteiger partial charge in [-0.15, -0.1) is 0 Å². The lowest BCUT2D eigenvalue weighted by Crippen LogP contribution is -2.10. The molecule has 4 rings (SSSR count). The largest absolute Gasteiger partial charge is 0.733 e. The molecule has 0 fully saturated rings. The molecule has 0 atom stereocenters. The highest BCUT2D eigenvalue weighted by Gasteiger charge is 2.28. The summed E-state index contributed by atoms with van der Waals surface area (Å²) in [5, 5.41) is 19.4. The first kappa shape index (κ1) is 21.9. The molecular formula is C24H18NO8-. The number of esters is 1. The van der Waals surface area contributed by atoms with E-state index in [4.69, 9.17) is 24.2 Å². The van der Waals surface area contributed by atoms with E-state index in [1.165, 1.54) is 56.7 Å². The summed E-state index contributed by atoms with van der Waals surface area (Å²) in [6.07, 6.45) is 1.58. The fourth-order valence-electron chi connectivity index (χ4n) is 3.22. The summed E-state index contributed by atoms with van der Waals surface area (Å²) in [7, 11) is 3.05. The van der Waals surface area contributed by atoms with Crippen LogP contribution in [0.1, 0.15) is 26.3 Å². The van der Waals surface area contributed by atoms with Crippen molar-refractivity contribution < 1.29 is 33.7 Å². The molecule has 0 bridgehead atoms. The second-order valence-corrected chi connectivity index (χ2v) is 6.92. The Bertz CT molecular complexity index is 1250. The average Bonchev–Trinajstić information content (AvgIpc) is 3.13. The van der Waals surface area contributed by atoms with Gasteiger partial charge in [-0.05, 0) is 60.2 Å². The van der Waals surface area contributed by atoms with Crippen molar-refractivity contribution in [1.29, 1.82) is 0 Å². The topological polar surface area (TPSA) is 118 Å². The van der Waals surface area contributed by atoms with Crippen molar-refractivity contribution in [1.82, 2.24) is 0 Å². The van der Waals surface area contributed by atoms with Crippen molar-refractivity contribution in [2.75, 3.05) is 19.4 Å². The van der Waals surface area contributed by atoms with Gasteiger partial charge in [0, 0.05) is 6.07 Å². The van der Waals surface area contributed by atoms with E-state index >= 15 is 0 Å². The lowest BCUT2D eigenvalue weighted by atomic mass is 10.1. The van der Waals surface area contributed by atoms with Crippen LogP contribution in [0.2, 0.25) is 0 Å². The van der Waals surface area contributed by atoms with Gasteiger partial charge in [-0.2, -0.15) is 0 Å². The van der Waals surface area contributed by atoms with Crippen LogP contribution in [0.15, 0.2) is 66.4 Å². The van der Waals surface area contributed by atoms with Gasteiger partial charge in [-0.1, -0.05) is 6.07 Å². The van der Waals surface area contributed by atoms with Gasteiger partial charge < -0.3 is 29.4 Å². The minimum atomic E-state index is -0.678. The third-order valence-corrected chi connectivity index (χ3v) is 4.88. The van der Waals surface area contributed by atoms with Gasteiger partial charge in [0.05, 0.1) is 31.0 Å². The Morgan fingerprint density at radius 3 is 2.39 bits per heavy atom. The van der Waals surface area contributed by atoms with Gasteiger partial charge in [0.1, 0.15) is 11.5 Å². The molecule has 0 saturated heterocycles. The average molecular weight is 448 g/mol. The quantitative estimate of drug-likeness (QED) is 0.256. The van der Waals surface area contributed by atoms with E-state index in [0.717, 1.165) is 0 Å². The van der Waals surface area contributed by atoms with Crippen LogP contribution >= 0.6 is 0 Å². The molecular weight excluding hydrogens is 430 g/mol. The summed E-state index contributed by atoms with van der Waals surface area (Å²) in [4.78, 5) is 25.1. The van der Waals surface area contributed by atoms with E-state index in [0.29, 0.717) is 22.6 Å². The SMILES string of the molecule is COc1ccc(C=C2Oc3cc(OC(=O)c4ccc(N([O-])O)cc4)ccc3C2=O)cc1OC. The number of allylic oxidation sites excluding steroid dienone is 1. The van der Waals surface area contributed by atoms with Crippen LogP contribution in [-0.4, -0.2) is 31.2 Å². The highest BCUT2D eigenvalue weighted by Crippen LogP contribution is 2.36. The number of carbonyl (C=O) groups excluding carboxylic acids is 2. The van der Waals surface area contributed by atoms with E-state index in [2.05, 4.69) is 0 Å². The number of hydrogen-bond donors (Lipinski definition) is 1. The number of anilines is 1. The molecule has 1 heterocycles. The van der Waals surface area contributed by atoms with Crippen LogP contribution < -0.4 is 24.2 Å². The molecule has 1 N–H and O–H groups in total. The second-order valence-electron chi connectivity index (χ2n) is 6.92. The smallest absolute Gasteiger partial charge is 0.343 e. The summed E-state index contributed by atoms with van der Waals surface area (Å²) in [6.45, 7) is 0. The normalized spacial score (nSPS) is 13.3. The Morgan fingerprint density at radius 1 is 1.00 bits per heavy atom. The van der Waals surface area contributed by atoms with Crippen LogP contribution in [0.25, 0.3) is 6.08 Å². The zero-order valence-electron chi connectivity index (χ0n) is 17.6. The van der Waals surface area contributed by atoms with Crippen LogP contribution in [0.3, 0.4) is 0 Å². The molecule has 3 aromatic rings. The maximum absolute atomic E-state index is 12.7. The fraction of sp³-hybridized carbons (Fsp3) is 0.0833. The molecule has 0 aliphatic carbocycles. The van der Waals surface area contributed by atoms with Crippen molar-refractivity contribution in [2.45, 2.75) is 0 Å². The first-order chi connectivity index (χ1) is 15.9. The minimum absolute atomic E-state index is 0.0233. The molecule has 0 aromatic heterocycles. The van der Waals surface area contributed by atoms with Crippen LogP contribution in [0.4, 0.5) is 5.69 Å². The van der Waals surface area contributed by atoms with Crippen molar-refractivity contribution in [3.8, 4) is 23.0 Å². The summed E-state index contributed by atoms with van der Waals surface area (Å²) in [6, 6.07) is 14.9. The number of methoxy groups -OCH3 is 2. The molecule has 1 aliphatic rings. The Morgan fingerprint density at radius 2 is 1.73 bits per heavy atom. The number of nitrogens with zero attached hydrogens (tertiary/aromatic N) is 1. The molecule has 9 nitrogen and oxygen atoms in total. The van der Waals surface area contributed by atoms with Crippen molar-refractivity contribution >= 4 is 23.5 Å². The predicted molar refractivity (Wildman–Crippen MR) is 118 cm³/mol. The molecule has 0 amide bonds. The van der Waals surface area contributed by atoms with Gasteiger partial charge in [0.2, 0.25) is 5.78 Å². The third-order valence-electron chi connectivity index (χ3n) is 4.88. The molecule has 0 saturated carbocycles. The molecule has 0 radical (unpaired) electrons. The molecule has 1 aliphatic heterocycles. The van der Waals surface area contributed by atoms with Crippen LogP contribution in [0, 0.1) is 5.21 Å². The molecule has 33 heavy (non-hydrogen) atoms. The number of benzene rings is 3. The van der Waals surface area contributed by atoms with Gasteiger partial charge in [-0.25, -0.2) is 4.79 Å². The van der Waals surface area contributed by atoms with E-state index in [9.17, 15) is 14.8 Å². The Balaban J connectivity index is 1.52. The lowest BCUT2D eigenvalue weighted by molar-refractivity contribution is 0.0734. The summed E-state index contributed by atoms with van der Waals surface area (Å²) < 4.78 is 21.5. The summed E-state index contributed by atoms with van der Waals surface area (Å²) in [5.41, 5.74) is 1.17. The van der Waals surface area contributed by atoms with E-state index in [1.807, 2.05) is 0 Å². The van der Waals surface area contributed by atoms with Gasteiger partial charge in [0.25, 0.3) is 0 Å². The number of ketones is 1. The summed E-state index contributed by atoms with van der Waals surface area (Å²) >= 11 is 0. The standard InChI is InChI=1S/C24H18NO8/c1-30-19-10-3-14(11-21(19)31-2)12-22-23(26)18-9-8-17(13-20(18)33-22)32-24(27)15-4-6-16(7-5-15)25(28)29/h3-13,28H,1-2H3/q-1. The third kappa shape index (κ3) is 4.49. The Kier molecular flexibility index (Phi) is 5.99. The highest BCUT2D eigenvalue weighted by molar-refractivity contribution is 6.14. The molecule has 0 unspecified atom stereocenters. The lowest BCUT2D eigenvalue weighted by Gasteiger charge is -2.21. The molecule has 168 valence electrons. The number of rotatable bonds is 6. The number of hydrogen-bond acceptors (Lipinski definition) is 9. The first-order valence-electron chi connectivity index (χ1n) is 9.68. The van der Waals surface area contributed by atoms with E-state index in [1.54, 1.807) is 24.3 Å². The first-order valence-corrected chi connectivity index (χ1v) is 9.68. The van der Waals surface area contributed by atoms with Gasteiger partial charge in [0.15, 0.2) is 17.3 Å². The number of carbonyl (C=O) groups is 2. The number of Topliss-reactive ketones (excluding diaryl/α,β-unsaturated/α-hetero) is 1. The fourth-order valence-corrected chi connectivity index (χ4v) is 3.22. The van der Waals surface area contributed by atoms with Gasteiger partial charge in [-0.3, -0.25) is 10.0 Å². The molecule has 0 spiro atoms. The number of ether oxygens (including phenoxy) is 4. The highest BCUT2D eigenvalue weighted by atomic mass is 16.8. The van der Waals surface area contributed by atoms with Crippen molar-refractivity contribution in [2.24, 2.45) is 0 Å². The van der Waals surface area contributed by atoms with E-state index < -0.39 is 5.97 Å². The maximum Gasteiger partial charge on any atom is 0.343 e. The Labute approximate surface area is 188 Å². The maximum atomic E-state index is 12.7. The van der Waals surface area contributed by atoms with Crippen LogP contribution in [0.5, 0.6) is 23.0 Å². The van der Waals surface area contributed by atoms with E-state index in [-0.39, 0.29) is 39.5 Å². The summed E-state index contributed by atoms with van der Waals surface area (Å²) in [5.74, 6) is 0.637. The van der Waals surface area contributed by atoms with Crippen molar-refractivity contribution in [3.63, 3.8) is 0 Å². The zero-order chi connectivity index (χ0) is 23.5. The molecule has 3 aromatic carbocycles. The second kappa shape index (κ2) is 9.03. The predicted octanol–water partition coefficient (Wildman–Crippen LogP) is 4.23. The zero-order valence-corrected chi connectivity index (χ0v) is 17.6. The monoisotopic (exact) mass is 448 g/mol. The molecule has 9 heteroatoms.